The van der Waals surface area contributed by atoms with Crippen molar-refractivity contribution < 1.29 is 13.9 Å². The largest absolute Gasteiger partial charge is 0.497 e. The number of carbonyl (C=O) groups is 1. The van der Waals surface area contributed by atoms with Gasteiger partial charge in [0.05, 0.1) is 19.9 Å². The number of hydrogen-bond donors (Lipinski definition) is 2. The molecule has 6 heteroatoms. The van der Waals surface area contributed by atoms with Crippen molar-refractivity contribution in [3.05, 3.63) is 47.9 Å². The molecule has 21 heavy (non-hydrogen) atoms. The lowest BCUT2D eigenvalue weighted by Gasteiger charge is -2.06. The first-order chi connectivity index (χ1) is 10.2. The van der Waals surface area contributed by atoms with Gasteiger partial charge in [-0.25, -0.2) is 5.43 Å². The smallest absolute Gasteiger partial charge is 0.259 e. The maximum absolute atomic E-state index is 11.6. The summed E-state index contributed by atoms with van der Waals surface area (Å²) in [6.07, 6.45) is 1.46. The topological polar surface area (TPSA) is 75.9 Å². The highest BCUT2D eigenvalue weighted by molar-refractivity contribution is 5.83. The third-order valence-electron chi connectivity index (χ3n) is 2.69. The van der Waals surface area contributed by atoms with Crippen molar-refractivity contribution in [3.8, 4) is 5.75 Å². The van der Waals surface area contributed by atoms with Crippen LogP contribution in [-0.2, 0) is 4.79 Å². The molecule has 0 radical (unpaired) electrons. The summed E-state index contributed by atoms with van der Waals surface area (Å²) in [6.45, 7) is 1.97. The minimum Gasteiger partial charge on any atom is -0.497 e. The Morgan fingerprint density at radius 1 is 1.29 bits per heavy atom. The zero-order valence-corrected chi connectivity index (χ0v) is 11.9. The molecule has 2 aromatic rings. The molecular weight excluding hydrogens is 270 g/mol. The van der Waals surface area contributed by atoms with E-state index >= 15 is 0 Å². The van der Waals surface area contributed by atoms with Crippen LogP contribution in [0.15, 0.2) is 45.9 Å². The van der Waals surface area contributed by atoms with E-state index in [0.717, 1.165) is 17.2 Å². The number of furan rings is 1. The average molecular weight is 287 g/mol. The van der Waals surface area contributed by atoms with Crippen molar-refractivity contribution in [2.45, 2.75) is 6.92 Å². The number of amides is 1. The fourth-order valence-corrected chi connectivity index (χ4v) is 1.62. The molecule has 6 nitrogen and oxygen atoms in total. The van der Waals surface area contributed by atoms with Gasteiger partial charge in [0.1, 0.15) is 17.3 Å². The molecule has 1 amide bonds. The molecule has 0 aliphatic rings. The van der Waals surface area contributed by atoms with E-state index in [4.69, 9.17) is 9.15 Å². The zero-order valence-electron chi connectivity index (χ0n) is 11.9. The summed E-state index contributed by atoms with van der Waals surface area (Å²) in [7, 11) is 1.61. The Bertz CT molecular complexity index is 617. The van der Waals surface area contributed by atoms with E-state index < -0.39 is 0 Å². The molecule has 0 saturated carbocycles. The van der Waals surface area contributed by atoms with Crippen LogP contribution in [0.25, 0.3) is 0 Å². The molecule has 0 bridgehead atoms. The molecule has 0 aliphatic carbocycles. The maximum atomic E-state index is 11.6. The summed E-state index contributed by atoms with van der Waals surface area (Å²) in [5, 5.41) is 6.80. The van der Waals surface area contributed by atoms with Crippen LogP contribution >= 0.6 is 0 Å². The molecule has 0 saturated heterocycles. The third kappa shape index (κ3) is 4.68. The minimum absolute atomic E-state index is 0.126. The van der Waals surface area contributed by atoms with E-state index in [0.29, 0.717) is 5.76 Å². The Balaban J connectivity index is 1.75. The fourth-order valence-electron chi connectivity index (χ4n) is 1.62. The number of nitrogens with zero attached hydrogens (tertiary/aromatic N) is 1. The van der Waals surface area contributed by atoms with Crippen molar-refractivity contribution in [3.63, 3.8) is 0 Å². The lowest BCUT2D eigenvalue weighted by Crippen LogP contribution is -2.25. The van der Waals surface area contributed by atoms with Crippen molar-refractivity contribution in [2.24, 2.45) is 5.10 Å². The van der Waals surface area contributed by atoms with Gasteiger partial charge in [0.25, 0.3) is 5.91 Å². The molecule has 0 aliphatic heterocycles. The first kappa shape index (κ1) is 14.6. The van der Waals surface area contributed by atoms with Crippen LogP contribution in [0.5, 0.6) is 5.75 Å². The van der Waals surface area contributed by atoms with E-state index in [1.54, 1.807) is 13.2 Å². The van der Waals surface area contributed by atoms with E-state index in [1.807, 2.05) is 37.3 Å². The number of hydrazone groups is 1. The number of rotatable bonds is 6. The highest BCUT2D eigenvalue weighted by atomic mass is 16.5. The maximum Gasteiger partial charge on any atom is 0.259 e. The molecule has 0 unspecified atom stereocenters. The van der Waals surface area contributed by atoms with Gasteiger partial charge in [0.15, 0.2) is 0 Å². The zero-order chi connectivity index (χ0) is 15.1. The van der Waals surface area contributed by atoms with Crippen molar-refractivity contribution in [1.82, 2.24) is 5.43 Å². The molecule has 2 N–H and O–H groups in total. The summed E-state index contributed by atoms with van der Waals surface area (Å²) in [5.74, 6) is 1.91. The monoisotopic (exact) mass is 287 g/mol. The van der Waals surface area contributed by atoms with Crippen LogP contribution in [0, 0.1) is 6.92 Å². The van der Waals surface area contributed by atoms with Crippen LogP contribution in [0.4, 0.5) is 5.69 Å². The quantitative estimate of drug-likeness (QED) is 0.630. The van der Waals surface area contributed by atoms with Gasteiger partial charge in [0, 0.05) is 5.69 Å². The fraction of sp³-hybridized carbons (Fsp3) is 0.200. The molecule has 0 atom stereocenters. The first-order valence-corrected chi connectivity index (χ1v) is 6.43. The van der Waals surface area contributed by atoms with Gasteiger partial charge in [-0.05, 0) is 43.3 Å². The van der Waals surface area contributed by atoms with Crippen LogP contribution in [-0.4, -0.2) is 25.8 Å². The Labute approximate surface area is 122 Å². The number of carbonyl (C=O) groups excluding carboxylic acids is 1. The lowest BCUT2D eigenvalue weighted by molar-refractivity contribution is -0.119. The highest BCUT2D eigenvalue weighted by Gasteiger charge is 2.00. The van der Waals surface area contributed by atoms with E-state index in [9.17, 15) is 4.79 Å². The molecule has 0 spiro atoms. The Kier molecular flexibility index (Phi) is 4.98. The SMILES string of the molecule is COc1ccc(NCC(=O)N/N=C\c2ccc(C)o2)cc1. The number of ether oxygens (including phenoxy) is 1. The lowest BCUT2D eigenvalue weighted by atomic mass is 10.3. The molecule has 1 heterocycles. The van der Waals surface area contributed by atoms with E-state index in [1.165, 1.54) is 6.21 Å². The highest BCUT2D eigenvalue weighted by Crippen LogP contribution is 2.14. The molecule has 1 aromatic heterocycles. The first-order valence-electron chi connectivity index (χ1n) is 6.43. The van der Waals surface area contributed by atoms with Crippen LogP contribution < -0.4 is 15.5 Å². The van der Waals surface area contributed by atoms with Crippen LogP contribution in [0.3, 0.4) is 0 Å². The molecule has 2 rings (SSSR count). The molecule has 1 aromatic carbocycles. The number of anilines is 1. The van der Waals surface area contributed by atoms with Gasteiger partial charge in [-0.2, -0.15) is 5.10 Å². The van der Waals surface area contributed by atoms with E-state index in [2.05, 4.69) is 15.8 Å². The Morgan fingerprint density at radius 3 is 2.67 bits per heavy atom. The van der Waals surface area contributed by atoms with Crippen molar-refractivity contribution in [1.29, 1.82) is 0 Å². The average Bonchev–Trinajstić information content (AvgIpc) is 2.91. The van der Waals surface area contributed by atoms with Gasteiger partial charge in [-0.15, -0.1) is 0 Å². The Morgan fingerprint density at radius 2 is 2.05 bits per heavy atom. The summed E-state index contributed by atoms with van der Waals surface area (Å²) >= 11 is 0. The third-order valence-corrected chi connectivity index (χ3v) is 2.69. The summed E-state index contributed by atoms with van der Waals surface area (Å²) < 4.78 is 10.3. The second kappa shape index (κ2) is 7.14. The standard InChI is InChI=1S/C15H17N3O3/c1-11-3-6-14(21-11)9-17-18-15(19)10-16-12-4-7-13(20-2)8-5-12/h3-9,16H,10H2,1-2H3,(H,18,19)/b17-9-. The summed E-state index contributed by atoms with van der Waals surface area (Å²) in [4.78, 5) is 11.6. The molecule has 0 fully saturated rings. The van der Waals surface area contributed by atoms with Gasteiger partial charge in [-0.3, -0.25) is 4.79 Å². The molecule has 110 valence electrons. The van der Waals surface area contributed by atoms with Crippen LogP contribution in [0.2, 0.25) is 0 Å². The number of aryl methyl sites for hydroxylation is 1. The Hall–Kier alpha value is -2.76. The molecular formula is C15H17N3O3. The van der Waals surface area contributed by atoms with E-state index in [-0.39, 0.29) is 12.5 Å². The number of nitrogens with one attached hydrogen (secondary N) is 2. The predicted molar refractivity (Wildman–Crippen MR) is 80.7 cm³/mol. The van der Waals surface area contributed by atoms with Crippen molar-refractivity contribution in [2.75, 3.05) is 19.0 Å². The second-order valence-corrected chi connectivity index (χ2v) is 4.32. The van der Waals surface area contributed by atoms with Gasteiger partial charge in [0.2, 0.25) is 0 Å². The number of methoxy groups -OCH3 is 1. The van der Waals surface area contributed by atoms with Gasteiger partial charge < -0.3 is 14.5 Å². The summed E-state index contributed by atoms with van der Waals surface area (Å²) in [5.41, 5.74) is 3.25. The van der Waals surface area contributed by atoms with Gasteiger partial charge >= 0.3 is 0 Å². The number of hydrogen-bond acceptors (Lipinski definition) is 5. The van der Waals surface area contributed by atoms with Crippen molar-refractivity contribution >= 4 is 17.8 Å². The van der Waals surface area contributed by atoms with Gasteiger partial charge in [-0.1, -0.05) is 0 Å². The second-order valence-electron chi connectivity index (χ2n) is 4.32. The predicted octanol–water partition coefficient (Wildman–Crippen LogP) is 2.16. The van der Waals surface area contributed by atoms with Crippen LogP contribution in [0.1, 0.15) is 11.5 Å². The minimum atomic E-state index is -0.245. The normalized spacial score (nSPS) is 10.6. The number of benzene rings is 1. The summed E-state index contributed by atoms with van der Waals surface area (Å²) in [6, 6.07) is 10.9.